The van der Waals surface area contributed by atoms with Gasteiger partial charge in [-0.1, -0.05) is 49.4 Å². The Balaban J connectivity index is 2.14. The van der Waals surface area contributed by atoms with Crippen LogP contribution in [0.5, 0.6) is 0 Å². The van der Waals surface area contributed by atoms with Crippen molar-refractivity contribution in [2.24, 2.45) is 7.05 Å². The van der Waals surface area contributed by atoms with Crippen LogP contribution in [0, 0.1) is 6.92 Å². The first-order chi connectivity index (χ1) is 13.1. The molecule has 4 nitrogen and oxygen atoms in total. The van der Waals surface area contributed by atoms with Crippen LogP contribution in [0.2, 0.25) is 0 Å². The lowest BCUT2D eigenvalue weighted by molar-refractivity contribution is -0.121. The van der Waals surface area contributed by atoms with E-state index in [4.69, 9.17) is 4.74 Å². The Morgan fingerprint density at radius 3 is 2.52 bits per heavy atom. The van der Waals surface area contributed by atoms with Gasteiger partial charge in [0.2, 0.25) is 6.41 Å². The van der Waals surface area contributed by atoms with Gasteiger partial charge in [-0.25, -0.2) is 0 Å². The van der Waals surface area contributed by atoms with Gasteiger partial charge in [-0.15, -0.1) is 0 Å². The number of methoxy groups -OCH3 is 1. The van der Waals surface area contributed by atoms with Crippen LogP contribution >= 0.6 is 0 Å². The Bertz CT molecular complexity index is 916. The molecular formula is C23H28N2O2. The minimum atomic E-state index is -0.0650. The van der Waals surface area contributed by atoms with Crippen molar-refractivity contribution >= 4 is 17.3 Å². The second-order valence-corrected chi connectivity index (χ2v) is 7.14. The molecule has 0 fully saturated rings. The maximum Gasteiger partial charge on any atom is 0.210 e. The summed E-state index contributed by atoms with van der Waals surface area (Å²) in [5, 5.41) is 1.19. The van der Waals surface area contributed by atoms with Crippen LogP contribution < -0.4 is 0 Å². The molecule has 0 aliphatic rings. The van der Waals surface area contributed by atoms with Crippen molar-refractivity contribution in [1.82, 2.24) is 9.47 Å². The Labute approximate surface area is 161 Å². The fraction of sp³-hybridized carbons (Fsp3) is 0.348. The maximum atomic E-state index is 12.1. The molecular weight excluding hydrogens is 336 g/mol. The summed E-state index contributed by atoms with van der Waals surface area (Å²) in [5.41, 5.74) is 4.85. The molecule has 0 saturated carbocycles. The second-order valence-electron chi connectivity index (χ2n) is 7.14. The molecule has 0 N–H and O–H groups in total. The zero-order valence-electron chi connectivity index (χ0n) is 16.6. The summed E-state index contributed by atoms with van der Waals surface area (Å²) in [5.74, 6) is 0.152. The summed E-state index contributed by atoms with van der Waals surface area (Å²) in [6.07, 6.45) is 3.12. The van der Waals surface area contributed by atoms with Crippen molar-refractivity contribution in [3.63, 3.8) is 0 Å². The number of para-hydroxylation sites is 1. The smallest absolute Gasteiger partial charge is 0.210 e. The van der Waals surface area contributed by atoms with Crippen LogP contribution in [0.15, 0.2) is 54.7 Å². The SMILES string of the molecule is COCCN(C=O)C(c1cn(C)c2ccccc12)C(C)c1ccccc1C. The molecule has 3 aromatic rings. The van der Waals surface area contributed by atoms with Gasteiger partial charge in [0.15, 0.2) is 0 Å². The fourth-order valence-electron chi connectivity index (χ4n) is 4.07. The number of hydrogen-bond acceptors (Lipinski definition) is 2. The van der Waals surface area contributed by atoms with Gasteiger partial charge in [0, 0.05) is 49.3 Å². The van der Waals surface area contributed by atoms with Crippen molar-refractivity contribution in [2.75, 3.05) is 20.3 Å². The topological polar surface area (TPSA) is 34.5 Å². The van der Waals surface area contributed by atoms with E-state index in [0.717, 1.165) is 6.41 Å². The molecule has 142 valence electrons. The zero-order valence-corrected chi connectivity index (χ0v) is 16.6. The molecule has 2 aromatic carbocycles. The van der Waals surface area contributed by atoms with E-state index in [2.05, 4.69) is 74.1 Å². The number of carbonyl (C=O) groups is 1. The molecule has 2 unspecified atom stereocenters. The molecule has 1 aromatic heterocycles. The van der Waals surface area contributed by atoms with E-state index in [9.17, 15) is 4.79 Å². The third kappa shape index (κ3) is 3.76. The Morgan fingerprint density at radius 1 is 1.11 bits per heavy atom. The number of fused-ring (bicyclic) bond motifs is 1. The highest BCUT2D eigenvalue weighted by Crippen LogP contribution is 2.39. The molecule has 0 spiro atoms. The van der Waals surface area contributed by atoms with Gasteiger partial charge in [0.05, 0.1) is 12.6 Å². The summed E-state index contributed by atoms with van der Waals surface area (Å²) in [6, 6.07) is 16.7. The summed E-state index contributed by atoms with van der Waals surface area (Å²) < 4.78 is 7.40. The first-order valence-electron chi connectivity index (χ1n) is 9.38. The summed E-state index contributed by atoms with van der Waals surface area (Å²) in [4.78, 5) is 13.9. The fourth-order valence-corrected chi connectivity index (χ4v) is 4.07. The standard InChI is InChI=1S/C23H28N2O2/c1-17-9-5-6-10-19(17)18(2)23(25(16-26)13-14-27-4)21-15-24(3)22-12-8-7-11-20(21)22/h5-12,15-16,18,23H,13-14H2,1-4H3. The van der Waals surface area contributed by atoms with Crippen molar-refractivity contribution in [3.8, 4) is 0 Å². The molecule has 3 rings (SSSR count). The molecule has 2 atom stereocenters. The highest BCUT2D eigenvalue weighted by atomic mass is 16.5. The van der Waals surface area contributed by atoms with Crippen molar-refractivity contribution in [3.05, 3.63) is 71.4 Å². The number of ether oxygens (including phenoxy) is 1. The molecule has 0 radical (unpaired) electrons. The van der Waals surface area contributed by atoms with E-state index in [-0.39, 0.29) is 12.0 Å². The number of aryl methyl sites for hydroxylation is 2. The molecule has 1 heterocycles. The van der Waals surface area contributed by atoms with E-state index in [0.29, 0.717) is 13.2 Å². The number of hydrogen-bond donors (Lipinski definition) is 0. The van der Waals surface area contributed by atoms with Gasteiger partial charge >= 0.3 is 0 Å². The predicted molar refractivity (Wildman–Crippen MR) is 110 cm³/mol. The third-order valence-corrected chi connectivity index (χ3v) is 5.45. The quantitative estimate of drug-likeness (QED) is 0.554. The van der Waals surface area contributed by atoms with Crippen LogP contribution in [-0.4, -0.2) is 36.1 Å². The third-order valence-electron chi connectivity index (χ3n) is 5.45. The highest BCUT2D eigenvalue weighted by Gasteiger charge is 2.29. The van der Waals surface area contributed by atoms with Crippen LogP contribution in [-0.2, 0) is 16.6 Å². The average Bonchev–Trinajstić information content (AvgIpc) is 3.01. The molecule has 0 saturated heterocycles. The van der Waals surface area contributed by atoms with Gasteiger partial charge in [0.1, 0.15) is 0 Å². The lowest BCUT2D eigenvalue weighted by atomic mass is 9.85. The number of benzene rings is 2. The van der Waals surface area contributed by atoms with Crippen LogP contribution in [0.1, 0.15) is 35.6 Å². The number of nitrogens with zero attached hydrogens (tertiary/aromatic N) is 2. The Morgan fingerprint density at radius 2 is 1.81 bits per heavy atom. The van der Waals surface area contributed by atoms with Gasteiger partial charge in [-0.05, 0) is 24.1 Å². The summed E-state index contributed by atoms with van der Waals surface area (Å²) in [6.45, 7) is 5.41. The molecule has 0 bridgehead atoms. The maximum absolute atomic E-state index is 12.1. The van der Waals surface area contributed by atoms with Crippen LogP contribution in [0.3, 0.4) is 0 Å². The Kier molecular flexibility index (Phi) is 5.97. The van der Waals surface area contributed by atoms with E-state index in [1.54, 1.807) is 7.11 Å². The van der Waals surface area contributed by atoms with E-state index in [1.165, 1.54) is 27.6 Å². The molecule has 1 amide bonds. The molecule has 0 aliphatic carbocycles. The minimum Gasteiger partial charge on any atom is -0.383 e. The minimum absolute atomic E-state index is 0.0650. The largest absolute Gasteiger partial charge is 0.383 e. The van der Waals surface area contributed by atoms with Gasteiger partial charge in [-0.2, -0.15) is 0 Å². The lowest BCUT2D eigenvalue weighted by Crippen LogP contribution is -2.33. The average molecular weight is 364 g/mol. The van der Waals surface area contributed by atoms with E-state index >= 15 is 0 Å². The van der Waals surface area contributed by atoms with Crippen molar-refractivity contribution < 1.29 is 9.53 Å². The lowest BCUT2D eigenvalue weighted by Gasteiger charge is -2.34. The Hall–Kier alpha value is -2.59. The van der Waals surface area contributed by atoms with Crippen molar-refractivity contribution in [1.29, 1.82) is 0 Å². The van der Waals surface area contributed by atoms with Gasteiger partial charge < -0.3 is 14.2 Å². The first kappa shape index (κ1) is 19.2. The first-order valence-corrected chi connectivity index (χ1v) is 9.38. The normalized spacial score (nSPS) is 13.5. The predicted octanol–water partition coefficient (Wildman–Crippen LogP) is 4.44. The van der Waals surface area contributed by atoms with Crippen LogP contribution in [0.25, 0.3) is 10.9 Å². The zero-order chi connectivity index (χ0) is 19.4. The van der Waals surface area contributed by atoms with Crippen molar-refractivity contribution in [2.45, 2.75) is 25.8 Å². The number of aromatic nitrogens is 1. The van der Waals surface area contributed by atoms with E-state index < -0.39 is 0 Å². The number of amides is 1. The molecule has 4 heteroatoms. The molecule has 0 aliphatic heterocycles. The number of carbonyl (C=O) groups excluding carboxylic acids is 1. The highest BCUT2D eigenvalue weighted by molar-refractivity contribution is 5.84. The summed E-state index contributed by atoms with van der Waals surface area (Å²) in [7, 11) is 3.72. The van der Waals surface area contributed by atoms with Crippen LogP contribution in [0.4, 0.5) is 0 Å². The summed E-state index contributed by atoms with van der Waals surface area (Å²) >= 11 is 0. The monoisotopic (exact) mass is 364 g/mol. The second kappa shape index (κ2) is 8.40. The van der Waals surface area contributed by atoms with Gasteiger partial charge in [0.25, 0.3) is 0 Å². The van der Waals surface area contributed by atoms with E-state index in [1.807, 2.05) is 11.0 Å². The van der Waals surface area contributed by atoms with Gasteiger partial charge in [-0.3, -0.25) is 4.79 Å². The number of rotatable bonds is 8. The molecule has 27 heavy (non-hydrogen) atoms.